The summed E-state index contributed by atoms with van der Waals surface area (Å²) in [5.41, 5.74) is 1.20. The second-order valence-corrected chi connectivity index (χ2v) is 8.47. The van der Waals surface area contributed by atoms with E-state index in [4.69, 9.17) is 0 Å². The molecule has 2 heterocycles. The first-order valence-corrected chi connectivity index (χ1v) is 10.5. The molecule has 1 aromatic heterocycles. The van der Waals surface area contributed by atoms with Crippen LogP contribution in [0.25, 0.3) is 0 Å². The van der Waals surface area contributed by atoms with Gasteiger partial charge in [-0.15, -0.1) is 0 Å². The summed E-state index contributed by atoms with van der Waals surface area (Å²) in [5, 5.41) is 3.25. The maximum Gasteiger partial charge on any atom is 0.244 e. The zero-order valence-electron chi connectivity index (χ0n) is 15.1. The van der Waals surface area contributed by atoms with Crippen molar-refractivity contribution in [2.45, 2.75) is 24.2 Å². The lowest BCUT2D eigenvalue weighted by atomic mass is 10.3. The smallest absolute Gasteiger partial charge is 0.244 e. The van der Waals surface area contributed by atoms with E-state index in [9.17, 15) is 8.42 Å². The van der Waals surface area contributed by atoms with Gasteiger partial charge in [-0.1, -0.05) is 18.2 Å². The highest BCUT2D eigenvalue weighted by atomic mass is 32.2. The summed E-state index contributed by atoms with van der Waals surface area (Å²) in [6.45, 7) is 2.93. The SMILES string of the molecule is CN(CCCNc1ccc(S(=O)(=O)N2CCCC2)cn1)c1ccccc1. The van der Waals surface area contributed by atoms with Gasteiger partial charge in [-0.2, -0.15) is 4.31 Å². The van der Waals surface area contributed by atoms with Crippen LogP contribution >= 0.6 is 0 Å². The summed E-state index contributed by atoms with van der Waals surface area (Å²) in [6, 6.07) is 13.6. The van der Waals surface area contributed by atoms with Crippen molar-refractivity contribution in [2.24, 2.45) is 0 Å². The lowest BCUT2D eigenvalue weighted by Gasteiger charge is -2.19. The third kappa shape index (κ3) is 4.53. The molecule has 1 aliphatic heterocycles. The Morgan fingerprint density at radius 3 is 2.50 bits per heavy atom. The number of nitrogens with one attached hydrogen (secondary N) is 1. The molecule has 0 radical (unpaired) electrons. The fourth-order valence-corrected chi connectivity index (χ4v) is 4.52. The molecule has 0 spiro atoms. The molecule has 1 aromatic carbocycles. The highest BCUT2D eigenvalue weighted by Gasteiger charge is 2.27. The van der Waals surface area contributed by atoms with E-state index in [1.54, 1.807) is 12.1 Å². The van der Waals surface area contributed by atoms with Gasteiger partial charge in [0.25, 0.3) is 0 Å². The van der Waals surface area contributed by atoms with Crippen LogP contribution in [0, 0.1) is 0 Å². The second-order valence-electron chi connectivity index (χ2n) is 6.53. The molecule has 7 heteroatoms. The number of anilines is 2. The average molecular weight is 375 g/mol. The van der Waals surface area contributed by atoms with Crippen molar-refractivity contribution in [1.29, 1.82) is 0 Å². The third-order valence-corrected chi connectivity index (χ3v) is 6.49. The van der Waals surface area contributed by atoms with Gasteiger partial charge in [-0.3, -0.25) is 0 Å². The Balaban J connectivity index is 1.47. The fraction of sp³-hybridized carbons (Fsp3) is 0.421. The van der Waals surface area contributed by atoms with E-state index >= 15 is 0 Å². The monoisotopic (exact) mass is 374 g/mol. The highest BCUT2D eigenvalue weighted by Crippen LogP contribution is 2.21. The van der Waals surface area contributed by atoms with Crippen LogP contribution in [0.3, 0.4) is 0 Å². The molecule has 1 N–H and O–H groups in total. The van der Waals surface area contributed by atoms with Crippen molar-refractivity contribution in [3.8, 4) is 0 Å². The molecule has 0 amide bonds. The van der Waals surface area contributed by atoms with Crippen molar-refractivity contribution in [3.63, 3.8) is 0 Å². The predicted molar refractivity (Wildman–Crippen MR) is 105 cm³/mol. The highest BCUT2D eigenvalue weighted by molar-refractivity contribution is 7.89. The number of para-hydroxylation sites is 1. The molecule has 26 heavy (non-hydrogen) atoms. The van der Waals surface area contributed by atoms with Gasteiger partial charge in [0, 0.05) is 45.1 Å². The molecule has 0 bridgehead atoms. The number of benzene rings is 1. The summed E-state index contributed by atoms with van der Waals surface area (Å²) in [7, 11) is -1.31. The molecule has 6 nitrogen and oxygen atoms in total. The molecule has 0 aliphatic carbocycles. The second kappa shape index (κ2) is 8.51. The van der Waals surface area contributed by atoms with Gasteiger partial charge in [-0.05, 0) is 43.5 Å². The number of nitrogens with zero attached hydrogens (tertiary/aromatic N) is 3. The molecule has 2 aromatic rings. The van der Waals surface area contributed by atoms with Crippen molar-refractivity contribution in [2.75, 3.05) is 43.4 Å². The molecule has 1 fully saturated rings. The number of pyridine rings is 1. The van der Waals surface area contributed by atoms with Crippen LogP contribution < -0.4 is 10.2 Å². The average Bonchev–Trinajstić information content (AvgIpc) is 3.22. The summed E-state index contributed by atoms with van der Waals surface area (Å²) < 4.78 is 26.5. The third-order valence-electron chi connectivity index (χ3n) is 4.61. The molecule has 0 atom stereocenters. The van der Waals surface area contributed by atoms with Crippen LogP contribution in [-0.2, 0) is 10.0 Å². The largest absolute Gasteiger partial charge is 0.375 e. The quantitative estimate of drug-likeness (QED) is 0.720. The van der Waals surface area contributed by atoms with Crippen LogP contribution in [0.4, 0.5) is 11.5 Å². The topological polar surface area (TPSA) is 65.5 Å². The van der Waals surface area contributed by atoms with Crippen LogP contribution in [0.1, 0.15) is 19.3 Å². The van der Waals surface area contributed by atoms with E-state index in [1.807, 2.05) is 18.2 Å². The van der Waals surface area contributed by atoms with E-state index < -0.39 is 10.0 Å². The molecule has 3 rings (SSSR count). The van der Waals surface area contributed by atoms with E-state index in [0.29, 0.717) is 18.9 Å². The maximum atomic E-state index is 12.5. The maximum absolute atomic E-state index is 12.5. The number of sulfonamides is 1. The summed E-state index contributed by atoms with van der Waals surface area (Å²) in [5.74, 6) is 0.702. The molecule has 1 saturated heterocycles. The summed E-state index contributed by atoms with van der Waals surface area (Å²) >= 11 is 0. The van der Waals surface area contributed by atoms with E-state index in [-0.39, 0.29) is 4.90 Å². The zero-order chi connectivity index (χ0) is 18.4. The van der Waals surface area contributed by atoms with Gasteiger partial charge in [0.15, 0.2) is 0 Å². The van der Waals surface area contributed by atoms with Crippen LogP contribution in [0.2, 0.25) is 0 Å². The number of hydrogen-bond donors (Lipinski definition) is 1. The molecular weight excluding hydrogens is 348 g/mol. The predicted octanol–water partition coefficient (Wildman–Crippen LogP) is 2.80. The lowest BCUT2D eigenvalue weighted by Crippen LogP contribution is -2.28. The minimum absolute atomic E-state index is 0.272. The van der Waals surface area contributed by atoms with Gasteiger partial charge in [0.2, 0.25) is 10.0 Å². The molecule has 140 valence electrons. The Hall–Kier alpha value is -2.12. The summed E-state index contributed by atoms with van der Waals surface area (Å²) in [6.07, 6.45) is 4.28. The number of rotatable bonds is 8. The van der Waals surface area contributed by atoms with E-state index in [1.165, 1.54) is 16.2 Å². The van der Waals surface area contributed by atoms with Crippen molar-refractivity contribution < 1.29 is 8.42 Å². The van der Waals surface area contributed by atoms with Gasteiger partial charge in [-0.25, -0.2) is 13.4 Å². The van der Waals surface area contributed by atoms with Gasteiger partial charge >= 0.3 is 0 Å². The Morgan fingerprint density at radius 2 is 1.85 bits per heavy atom. The van der Waals surface area contributed by atoms with E-state index in [0.717, 1.165) is 32.4 Å². The Kier molecular flexibility index (Phi) is 6.11. The fourth-order valence-electron chi connectivity index (χ4n) is 3.06. The van der Waals surface area contributed by atoms with Crippen molar-refractivity contribution in [1.82, 2.24) is 9.29 Å². The van der Waals surface area contributed by atoms with E-state index in [2.05, 4.69) is 34.4 Å². The standard InChI is InChI=1S/C19H26N4O2S/c1-22(17-8-3-2-4-9-17)13-7-12-20-19-11-10-18(16-21-19)26(24,25)23-14-5-6-15-23/h2-4,8-11,16H,5-7,12-15H2,1H3,(H,20,21). The van der Waals surface area contributed by atoms with Gasteiger partial charge < -0.3 is 10.2 Å². The normalized spacial score (nSPS) is 15.1. The lowest BCUT2D eigenvalue weighted by molar-refractivity contribution is 0.477. The Morgan fingerprint density at radius 1 is 1.12 bits per heavy atom. The summed E-state index contributed by atoms with van der Waals surface area (Å²) in [4.78, 5) is 6.74. The van der Waals surface area contributed by atoms with Crippen molar-refractivity contribution >= 4 is 21.5 Å². The molecule has 0 saturated carbocycles. The minimum Gasteiger partial charge on any atom is -0.375 e. The molecule has 1 aliphatic rings. The number of hydrogen-bond acceptors (Lipinski definition) is 5. The Bertz CT molecular complexity index is 788. The zero-order valence-corrected chi connectivity index (χ0v) is 16.0. The first kappa shape index (κ1) is 18.7. The molecular formula is C19H26N4O2S. The Labute approximate surface area is 155 Å². The number of aromatic nitrogens is 1. The van der Waals surface area contributed by atoms with Crippen LogP contribution in [-0.4, -0.2) is 50.9 Å². The van der Waals surface area contributed by atoms with Crippen molar-refractivity contribution in [3.05, 3.63) is 48.7 Å². The first-order valence-electron chi connectivity index (χ1n) is 9.03. The first-order chi connectivity index (χ1) is 12.6. The van der Waals surface area contributed by atoms with Gasteiger partial charge in [0.05, 0.1) is 0 Å². The van der Waals surface area contributed by atoms with Gasteiger partial charge in [0.1, 0.15) is 10.7 Å². The van der Waals surface area contributed by atoms with Crippen LogP contribution in [0.15, 0.2) is 53.6 Å². The van der Waals surface area contributed by atoms with Crippen LogP contribution in [0.5, 0.6) is 0 Å². The minimum atomic E-state index is -3.39. The molecule has 0 unspecified atom stereocenters.